The number of phosphoric ester groups is 3. The van der Waals surface area contributed by atoms with Crippen molar-refractivity contribution in [1.29, 1.82) is 0 Å². The number of phenolic OH excluding ortho intramolecular Hbond substituents is 2. The molecular weight excluding hydrogens is 877 g/mol. The highest BCUT2D eigenvalue weighted by Crippen LogP contribution is 2.61. The molecule has 1 fully saturated rings. The van der Waals surface area contributed by atoms with Crippen LogP contribution in [-0.4, -0.2) is 133 Å². The molecule has 0 bridgehead atoms. The van der Waals surface area contributed by atoms with E-state index < -0.39 is 101 Å². The Bertz CT molecular complexity index is 2180. The number of carbonyl (C=O) groups is 3. The first-order chi connectivity index (χ1) is 27.3. The summed E-state index contributed by atoms with van der Waals surface area (Å²) in [5, 5.41) is 45.1. The maximum atomic E-state index is 12.7. The molecule has 3 heterocycles. The normalized spacial score (nSPS) is 21.1. The quantitative estimate of drug-likeness (QED) is 0.0279. The van der Waals surface area contributed by atoms with Gasteiger partial charge in [0.1, 0.15) is 47.7 Å². The van der Waals surface area contributed by atoms with Crippen LogP contribution in [0.25, 0.3) is 11.2 Å². The van der Waals surface area contributed by atoms with Crippen molar-refractivity contribution < 1.29 is 90.7 Å². The minimum Gasteiger partial charge on any atom is -0.506 e. The van der Waals surface area contributed by atoms with Gasteiger partial charge in [0.25, 0.3) is 0 Å². The van der Waals surface area contributed by atoms with Crippen LogP contribution >= 0.6 is 35.2 Å². The molecule has 27 nitrogen and oxygen atoms in total. The van der Waals surface area contributed by atoms with Crippen molar-refractivity contribution in [2.45, 2.75) is 50.9 Å². The van der Waals surface area contributed by atoms with Crippen molar-refractivity contribution in [3.05, 3.63) is 30.4 Å². The first-order valence-corrected chi connectivity index (χ1v) is 22.2. The Balaban J connectivity index is 1.22. The number of rotatable bonds is 20. The third-order valence-electron chi connectivity index (χ3n) is 8.15. The zero-order valence-electron chi connectivity index (χ0n) is 30.7. The highest BCUT2D eigenvalue weighted by Gasteiger charge is 2.50. The minimum absolute atomic E-state index is 0.0133. The fraction of sp³-hybridized carbons (Fsp3) is 0.500. The number of nitrogens with one attached hydrogen (secondary N) is 2. The van der Waals surface area contributed by atoms with Crippen molar-refractivity contribution in [3.8, 4) is 11.5 Å². The second kappa shape index (κ2) is 19.3. The van der Waals surface area contributed by atoms with E-state index in [9.17, 15) is 68.1 Å². The lowest BCUT2D eigenvalue weighted by Gasteiger charge is -2.30. The number of nitrogens with two attached hydrogens (primary N) is 2. The summed E-state index contributed by atoms with van der Waals surface area (Å²) in [5.41, 5.74) is 9.18. The number of hydrogen-bond acceptors (Lipinski definition) is 21. The van der Waals surface area contributed by atoms with Gasteiger partial charge in [-0.05, 0) is 12.1 Å². The number of aliphatic hydroxyl groups excluding tert-OH is 2. The molecule has 31 heteroatoms. The number of imidazole rings is 1. The van der Waals surface area contributed by atoms with Crippen molar-refractivity contribution in [3.63, 3.8) is 0 Å². The predicted octanol–water partition coefficient (Wildman–Crippen LogP) is -1.03. The number of aliphatic hydroxyl groups is 2. The molecule has 0 saturated carbocycles. The lowest BCUT2D eigenvalue weighted by Crippen LogP contribution is -2.46. The van der Waals surface area contributed by atoms with E-state index in [0.717, 1.165) is 35.0 Å². The van der Waals surface area contributed by atoms with Gasteiger partial charge < -0.3 is 66.8 Å². The number of thioether (sulfide) groups is 1. The van der Waals surface area contributed by atoms with Crippen LogP contribution in [0.3, 0.4) is 0 Å². The van der Waals surface area contributed by atoms with E-state index in [2.05, 4.69) is 34.4 Å². The molecule has 2 aromatic heterocycles. The summed E-state index contributed by atoms with van der Waals surface area (Å²) in [7, 11) is -16.5. The number of benzene rings is 1. The van der Waals surface area contributed by atoms with E-state index >= 15 is 0 Å². The summed E-state index contributed by atoms with van der Waals surface area (Å²) in [6.45, 7) is 0.0925. The van der Waals surface area contributed by atoms with Gasteiger partial charge in [-0.1, -0.05) is 25.6 Å². The van der Waals surface area contributed by atoms with E-state index in [0.29, 0.717) is 0 Å². The molecule has 7 atom stereocenters. The van der Waals surface area contributed by atoms with Gasteiger partial charge in [-0.2, -0.15) is 4.31 Å². The number of anilines is 2. The molecular formula is C28H41N8O19P3S. The van der Waals surface area contributed by atoms with E-state index in [1.807, 2.05) is 0 Å². The van der Waals surface area contributed by atoms with E-state index in [-0.39, 0.29) is 53.5 Å². The fourth-order valence-electron chi connectivity index (χ4n) is 5.11. The Morgan fingerprint density at radius 1 is 1.02 bits per heavy atom. The SMILES string of the molecule is CC(C)(COP(=O)(O)OP(=O)(O)OC[C@H]1O[C@@H](n2cnc3c(N)ncnc32)[C@H](O)[C@@H]1OP(=O)(O)O)[C@@H](O)C(=O)NCCC(=O)NCCSC(=O)c1ccc(O)c(N)c1O. The third-order valence-corrected chi connectivity index (χ3v) is 12.1. The van der Waals surface area contributed by atoms with Crippen LogP contribution in [0.5, 0.6) is 11.5 Å². The first kappa shape index (κ1) is 47.9. The molecule has 4 rings (SSSR count). The number of carbonyl (C=O) groups excluding carboxylic acids is 3. The van der Waals surface area contributed by atoms with Crippen LogP contribution in [0.15, 0.2) is 24.8 Å². The summed E-state index contributed by atoms with van der Waals surface area (Å²) in [5.74, 6) is -2.52. The zero-order valence-corrected chi connectivity index (χ0v) is 34.2. The summed E-state index contributed by atoms with van der Waals surface area (Å²) < 4.78 is 62.1. The summed E-state index contributed by atoms with van der Waals surface area (Å²) in [4.78, 5) is 88.0. The number of amides is 2. The second-order valence-electron chi connectivity index (χ2n) is 13.1. The van der Waals surface area contributed by atoms with Crippen LogP contribution < -0.4 is 22.1 Å². The summed E-state index contributed by atoms with van der Waals surface area (Å²) >= 11 is 0.755. The number of phosphoric acid groups is 3. The average Bonchev–Trinajstić information content (AvgIpc) is 3.70. The largest absolute Gasteiger partial charge is 0.506 e. The number of aromatic nitrogens is 4. The maximum absolute atomic E-state index is 12.7. The number of nitrogen functional groups attached to an aromatic ring is 2. The van der Waals surface area contributed by atoms with Crippen LogP contribution in [-0.2, 0) is 45.9 Å². The van der Waals surface area contributed by atoms with Crippen LogP contribution in [0.2, 0.25) is 0 Å². The van der Waals surface area contributed by atoms with Crippen LogP contribution in [0, 0.1) is 5.41 Å². The highest BCUT2D eigenvalue weighted by molar-refractivity contribution is 8.14. The number of phenols is 2. The van der Waals surface area contributed by atoms with Crippen molar-refractivity contribution in [2.24, 2.45) is 5.41 Å². The second-order valence-corrected chi connectivity index (χ2v) is 18.4. The maximum Gasteiger partial charge on any atom is 0.481 e. The standard InChI is InChI=1S/C28H41N8O19P3S/c1-28(2,22(41)25(42)32-6-5-16(38)31-7-8-59-27(43)13-3-4-14(37)17(29)19(13)39)10-52-58(49,50)55-57(47,48)51-9-15-21(54-56(44,45)46)20(40)26(53-15)36-12-35-18-23(30)33-11-34-24(18)36/h3-4,11-12,15,20-22,26,37,39-41H,5-10,29H2,1-2H3,(H,31,38)(H,32,42)(H,47,48)(H,49,50)(H2,30,33,34)(H2,44,45,46)/t15-,20-,21-,22+,26-/m1/s1. The predicted molar refractivity (Wildman–Crippen MR) is 201 cm³/mol. The molecule has 2 amide bonds. The monoisotopic (exact) mass is 918 g/mol. The average molecular weight is 919 g/mol. The number of fused-ring (bicyclic) bond motifs is 1. The van der Waals surface area contributed by atoms with Crippen LogP contribution in [0.4, 0.5) is 11.5 Å². The number of ether oxygens (including phenoxy) is 1. The molecule has 0 spiro atoms. The number of nitrogens with zero attached hydrogens (tertiary/aromatic N) is 4. The zero-order chi connectivity index (χ0) is 44.1. The van der Waals surface area contributed by atoms with Gasteiger partial charge in [-0.15, -0.1) is 0 Å². The van der Waals surface area contributed by atoms with E-state index in [1.165, 1.54) is 19.9 Å². The first-order valence-electron chi connectivity index (χ1n) is 16.7. The molecule has 1 aliphatic heterocycles. The third kappa shape index (κ3) is 12.8. The Labute approximate surface area is 336 Å². The Kier molecular flexibility index (Phi) is 15.6. The lowest BCUT2D eigenvalue weighted by molar-refractivity contribution is -0.137. The molecule has 59 heavy (non-hydrogen) atoms. The van der Waals surface area contributed by atoms with Crippen LogP contribution in [0.1, 0.15) is 36.9 Å². The molecule has 2 unspecified atom stereocenters. The summed E-state index contributed by atoms with van der Waals surface area (Å²) in [6, 6.07) is 2.33. The molecule has 14 N–H and O–H groups in total. The Morgan fingerprint density at radius 3 is 2.37 bits per heavy atom. The summed E-state index contributed by atoms with van der Waals surface area (Å²) in [6.07, 6.45) is -7.16. The molecule has 328 valence electrons. The molecule has 1 saturated heterocycles. The Morgan fingerprint density at radius 2 is 1.69 bits per heavy atom. The van der Waals surface area contributed by atoms with Gasteiger partial charge in [0.15, 0.2) is 23.4 Å². The van der Waals surface area contributed by atoms with Crippen molar-refractivity contribution in [1.82, 2.24) is 30.2 Å². The number of hydrogen-bond donors (Lipinski definition) is 12. The fourth-order valence-corrected chi connectivity index (χ4v) is 8.65. The van der Waals surface area contributed by atoms with E-state index in [4.69, 9.17) is 25.3 Å². The van der Waals surface area contributed by atoms with Gasteiger partial charge in [0.2, 0.25) is 16.9 Å². The smallest absolute Gasteiger partial charge is 0.481 e. The molecule has 0 radical (unpaired) electrons. The number of aromatic hydroxyl groups is 2. The Hall–Kier alpha value is -3.82. The van der Waals surface area contributed by atoms with Crippen molar-refractivity contribution in [2.75, 3.05) is 43.5 Å². The van der Waals surface area contributed by atoms with E-state index in [1.54, 1.807) is 0 Å². The van der Waals surface area contributed by atoms with Crippen molar-refractivity contribution >= 4 is 74.8 Å². The van der Waals surface area contributed by atoms with Gasteiger partial charge >= 0.3 is 23.5 Å². The topological polar surface area (TPSA) is 430 Å². The minimum atomic E-state index is -5.60. The molecule has 0 aliphatic carbocycles. The molecule has 1 aromatic carbocycles. The van der Waals surface area contributed by atoms with Gasteiger partial charge in [0, 0.05) is 30.7 Å². The van der Waals surface area contributed by atoms with Gasteiger partial charge in [0.05, 0.1) is 25.1 Å². The van der Waals surface area contributed by atoms with Gasteiger partial charge in [-0.25, -0.2) is 28.6 Å². The highest BCUT2D eigenvalue weighted by atomic mass is 32.2. The van der Waals surface area contributed by atoms with Gasteiger partial charge in [-0.3, -0.25) is 32.5 Å². The lowest BCUT2D eigenvalue weighted by atomic mass is 9.87. The molecule has 3 aromatic rings. The molecule has 1 aliphatic rings.